The number of amides is 1. The zero-order valence-corrected chi connectivity index (χ0v) is 14.8. The maximum atomic E-state index is 12.4. The van der Waals surface area contributed by atoms with Crippen LogP contribution in [0.25, 0.3) is 6.08 Å². The first-order chi connectivity index (χ1) is 13.1. The van der Waals surface area contributed by atoms with Crippen LogP contribution in [0.15, 0.2) is 36.9 Å². The Morgan fingerprint density at radius 1 is 1.30 bits per heavy atom. The van der Waals surface area contributed by atoms with Crippen LogP contribution in [0.1, 0.15) is 24.4 Å². The molecule has 7 nitrogen and oxygen atoms in total. The number of likely N-dealkylation sites (tertiary alicyclic amines) is 1. The SMILES string of the molecule is COc1cc(/C=C/C(=O)N2CCC(n3cncn3)CC2)ccc1OC(F)F. The van der Waals surface area contributed by atoms with Crippen molar-refractivity contribution in [2.45, 2.75) is 25.5 Å². The number of carbonyl (C=O) groups excluding carboxylic acids is 1. The highest BCUT2D eigenvalue weighted by Gasteiger charge is 2.23. The van der Waals surface area contributed by atoms with E-state index in [4.69, 9.17) is 4.74 Å². The van der Waals surface area contributed by atoms with E-state index in [-0.39, 0.29) is 23.4 Å². The molecule has 1 aliphatic heterocycles. The third-order valence-corrected chi connectivity index (χ3v) is 4.41. The highest BCUT2D eigenvalue weighted by molar-refractivity contribution is 5.91. The van der Waals surface area contributed by atoms with E-state index in [0.29, 0.717) is 18.7 Å². The molecule has 1 aliphatic rings. The maximum Gasteiger partial charge on any atom is 0.387 e. The zero-order chi connectivity index (χ0) is 19.2. The average Bonchev–Trinajstić information content (AvgIpc) is 3.21. The van der Waals surface area contributed by atoms with Crippen molar-refractivity contribution in [1.29, 1.82) is 0 Å². The summed E-state index contributed by atoms with van der Waals surface area (Å²) in [6, 6.07) is 4.77. The van der Waals surface area contributed by atoms with E-state index in [0.717, 1.165) is 12.8 Å². The van der Waals surface area contributed by atoms with Crippen molar-refractivity contribution in [2.75, 3.05) is 20.2 Å². The lowest BCUT2D eigenvalue weighted by molar-refractivity contribution is -0.127. The largest absolute Gasteiger partial charge is 0.493 e. The van der Waals surface area contributed by atoms with Crippen LogP contribution in [0.3, 0.4) is 0 Å². The highest BCUT2D eigenvalue weighted by Crippen LogP contribution is 2.30. The van der Waals surface area contributed by atoms with Crippen LogP contribution in [-0.2, 0) is 4.79 Å². The molecule has 0 unspecified atom stereocenters. The molecule has 1 fully saturated rings. The molecule has 3 rings (SSSR count). The molecule has 1 amide bonds. The van der Waals surface area contributed by atoms with Gasteiger partial charge in [0.25, 0.3) is 0 Å². The Hall–Kier alpha value is -2.97. The van der Waals surface area contributed by atoms with Crippen LogP contribution in [0, 0.1) is 0 Å². The number of halogens is 2. The van der Waals surface area contributed by atoms with E-state index in [1.807, 2.05) is 4.68 Å². The molecule has 0 saturated carbocycles. The molecule has 2 aromatic rings. The van der Waals surface area contributed by atoms with Crippen molar-refractivity contribution in [1.82, 2.24) is 19.7 Å². The Balaban J connectivity index is 1.58. The van der Waals surface area contributed by atoms with Gasteiger partial charge < -0.3 is 14.4 Å². The molecule has 0 N–H and O–H groups in total. The van der Waals surface area contributed by atoms with Crippen molar-refractivity contribution in [3.8, 4) is 11.5 Å². The number of ether oxygens (including phenoxy) is 2. The number of hydrogen-bond acceptors (Lipinski definition) is 5. The number of alkyl halides is 2. The highest BCUT2D eigenvalue weighted by atomic mass is 19.3. The topological polar surface area (TPSA) is 69.5 Å². The Labute approximate surface area is 155 Å². The van der Waals surface area contributed by atoms with Crippen LogP contribution in [0.4, 0.5) is 8.78 Å². The van der Waals surface area contributed by atoms with Crippen molar-refractivity contribution in [2.24, 2.45) is 0 Å². The molecule has 0 radical (unpaired) electrons. The lowest BCUT2D eigenvalue weighted by Gasteiger charge is -2.31. The van der Waals surface area contributed by atoms with Gasteiger partial charge in [-0.15, -0.1) is 0 Å². The van der Waals surface area contributed by atoms with Crippen LogP contribution in [0.2, 0.25) is 0 Å². The van der Waals surface area contributed by atoms with E-state index in [1.165, 1.54) is 25.6 Å². The van der Waals surface area contributed by atoms with Crippen LogP contribution in [-0.4, -0.2) is 52.4 Å². The second kappa shape index (κ2) is 8.61. The third kappa shape index (κ3) is 4.81. The van der Waals surface area contributed by atoms with Gasteiger partial charge in [0.05, 0.1) is 13.2 Å². The van der Waals surface area contributed by atoms with Crippen LogP contribution in [0.5, 0.6) is 11.5 Å². The molecular weight excluding hydrogens is 358 g/mol. The minimum absolute atomic E-state index is 0.0499. The molecule has 1 aromatic carbocycles. The molecule has 144 valence electrons. The number of rotatable bonds is 6. The van der Waals surface area contributed by atoms with Gasteiger partial charge in [-0.3, -0.25) is 4.79 Å². The van der Waals surface area contributed by atoms with Crippen molar-refractivity contribution in [3.05, 3.63) is 42.5 Å². The lowest BCUT2D eigenvalue weighted by atomic mass is 10.1. The minimum atomic E-state index is -2.93. The average molecular weight is 378 g/mol. The Bertz CT molecular complexity index is 788. The van der Waals surface area contributed by atoms with E-state index >= 15 is 0 Å². The fraction of sp³-hybridized carbons (Fsp3) is 0.389. The first-order valence-electron chi connectivity index (χ1n) is 8.51. The monoisotopic (exact) mass is 378 g/mol. The number of piperidine rings is 1. The summed E-state index contributed by atoms with van der Waals surface area (Å²) >= 11 is 0. The molecular formula is C18H20F2N4O3. The number of methoxy groups -OCH3 is 1. The second-order valence-electron chi connectivity index (χ2n) is 6.05. The number of benzene rings is 1. The Morgan fingerprint density at radius 3 is 2.70 bits per heavy atom. The molecule has 0 atom stereocenters. The Morgan fingerprint density at radius 2 is 2.07 bits per heavy atom. The molecule has 2 heterocycles. The lowest BCUT2D eigenvalue weighted by Crippen LogP contribution is -2.38. The van der Waals surface area contributed by atoms with Gasteiger partial charge in [-0.25, -0.2) is 9.67 Å². The van der Waals surface area contributed by atoms with Gasteiger partial charge in [0.15, 0.2) is 11.5 Å². The standard InChI is InChI=1S/C18H20F2N4O3/c1-26-16-10-13(2-4-15(16)27-18(19)20)3-5-17(25)23-8-6-14(7-9-23)24-12-21-11-22-24/h2-5,10-12,14,18H,6-9H2,1H3/b5-3+. The number of nitrogens with zero attached hydrogens (tertiary/aromatic N) is 4. The van der Waals surface area contributed by atoms with Crippen molar-refractivity contribution >= 4 is 12.0 Å². The number of aromatic nitrogens is 3. The van der Waals surface area contributed by atoms with Gasteiger partial charge in [0.2, 0.25) is 5.91 Å². The normalized spacial score (nSPS) is 15.5. The Kier molecular flexibility index (Phi) is 6.00. The van der Waals surface area contributed by atoms with E-state index < -0.39 is 6.61 Å². The first-order valence-corrected chi connectivity index (χ1v) is 8.51. The maximum absolute atomic E-state index is 12.4. The predicted octanol–water partition coefficient (Wildman–Crippen LogP) is 2.77. The number of hydrogen-bond donors (Lipinski definition) is 0. The van der Waals surface area contributed by atoms with Crippen LogP contribution >= 0.6 is 0 Å². The minimum Gasteiger partial charge on any atom is -0.493 e. The zero-order valence-electron chi connectivity index (χ0n) is 14.8. The summed E-state index contributed by atoms with van der Waals surface area (Å²) in [7, 11) is 1.37. The van der Waals surface area contributed by atoms with E-state index in [2.05, 4.69) is 14.8 Å². The molecule has 0 spiro atoms. The van der Waals surface area contributed by atoms with E-state index in [9.17, 15) is 13.6 Å². The van der Waals surface area contributed by atoms with Crippen LogP contribution < -0.4 is 9.47 Å². The second-order valence-corrected chi connectivity index (χ2v) is 6.05. The van der Waals surface area contributed by atoms with Gasteiger partial charge in [-0.2, -0.15) is 13.9 Å². The van der Waals surface area contributed by atoms with Crippen molar-refractivity contribution in [3.63, 3.8) is 0 Å². The fourth-order valence-corrected chi connectivity index (χ4v) is 3.01. The van der Waals surface area contributed by atoms with Crippen molar-refractivity contribution < 1.29 is 23.0 Å². The van der Waals surface area contributed by atoms with Gasteiger partial charge in [0.1, 0.15) is 12.7 Å². The van der Waals surface area contributed by atoms with Gasteiger partial charge in [0, 0.05) is 19.2 Å². The summed E-state index contributed by atoms with van der Waals surface area (Å²) in [5, 5.41) is 4.15. The summed E-state index contributed by atoms with van der Waals surface area (Å²) < 4.78 is 36.0. The number of carbonyl (C=O) groups is 1. The smallest absolute Gasteiger partial charge is 0.387 e. The molecule has 1 saturated heterocycles. The molecule has 9 heteroatoms. The third-order valence-electron chi connectivity index (χ3n) is 4.41. The summed E-state index contributed by atoms with van der Waals surface area (Å²) in [5.41, 5.74) is 0.652. The van der Waals surface area contributed by atoms with E-state index in [1.54, 1.807) is 29.4 Å². The first kappa shape index (κ1) is 18.8. The quantitative estimate of drug-likeness (QED) is 0.723. The van der Waals surface area contributed by atoms with Gasteiger partial charge >= 0.3 is 6.61 Å². The van der Waals surface area contributed by atoms with Gasteiger partial charge in [-0.1, -0.05) is 6.07 Å². The van der Waals surface area contributed by atoms with Gasteiger partial charge in [-0.05, 0) is 36.6 Å². The molecule has 0 bridgehead atoms. The summed E-state index contributed by atoms with van der Waals surface area (Å²) in [5.74, 6) is 0.0311. The summed E-state index contributed by atoms with van der Waals surface area (Å²) in [6.07, 6.45) is 7.93. The molecule has 27 heavy (non-hydrogen) atoms. The molecule has 0 aliphatic carbocycles. The predicted molar refractivity (Wildman–Crippen MR) is 93.5 cm³/mol. The summed E-state index contributed by atoms with van der Waals surface area (Å²) in [6.45, 7) is -1.65. The summed E-state index contributed by atoms with van der Waals surface area (Å²) in [4.78, 5) is 18.1. The fourth-order valence-electron chi connectivity index (χ4n) is 3.01. The molecule has 1 aromatic heterocycles.